The number of rotatable bonds is 6. The SMILES string of the molecule is CC/C=C/c1ccc(N(C)CCS(=O)(=O)O)cc1. The van der Waals surface area contributed by atoms with Gasteiger partial charge in [-0.3, -0.25) is 4.55 Å². The van der Waals surface area contributed by atoms with Crippen LogP contribution in [0.5, 0.6) is 0 Å². The standard InChI is InChI=1S/C13H19NO3S/c1-3-4-5-12-6-8-13(9-7-12)14(2)10-11-18(15,16)17/h4-9H,3,10-11H2,1-2H3,(H,15,16,17)/b5-4+. The van der Waals surface area contributed by atoms with Gasteiger partial charge in [-0.25, -0.2) is 0 Å². The summed E-state index contributed by atoms with van der Waals surface area (Å²) in [5.74, 6) is -0.263. The van der Waals surface area contributed by atoms with Crippen LogP contribution in [0.15, 0.2) is 30.3 Å². The van der Waals surface area contributed by atoms with Crippen LogP contribution in [0.1, 0.15) is 18.9 Å². The summed E-state index contributed by atoms with van der Waals surface area (Å²) in [6, 6.07) is 7.82. The Labute approximate surface area is 109 Å². The van der Waals surface area contributed by atoms with Crippen molar-refractivity contribution in [3.05, 3.63) is 35.9 Å². The van der Waals surface area contributed by atoms with E-state index in [1.165, 1.54) is 0 Å². The Kier molecular flexibility index (Phi) is 5.37. The van der Waals surface area contributed by atoms with Crippen LogP contribution < -0.4 is 4.90 Å². The van der Waals surface area contributed by atoms with Gasteiger partial charge in [0.15, 0.2) is 0 Å². The Morgan fingerprint density at radius 1 is 1.28 bits per heavy atom. The van der Waals surface area contributed by atoms with Gasteiger partial charge < -0.3 is 4.90 Å². The second kappa shape index (κ2) is 6.56. The second-order valence-electron chi connectivity index (χ2n) is 4.11. The van der Waals surface area contributed by atoms with Gasteiger partial charge in [0.1, 0.15) is 0 Å². The molecule has 4 nitrogen and oxygen atoms in total. The second-order valence-corrected chi connectivity index (χ2v) is 5.68. The van der Waals surface area contributed by atoms with Crippen LogP contribution in [0.4, 0.5) is 5.69 Å². The minimum absolute atomic E-state index is 0.263. The number of benzene rings is 1. The van der Waals surface area contributed by atoms with Crippen LogP contribution in [0.3, 0.4) is 0 Å². The smallest absolute Gasteiger partial charge is 0.266 e. The van der Waals surface area contributed by atoms with Crippen molar-refractivity contribution in [3.8, 4) is 0 Å². The fraction of sp³-hybridized carbons (Fsp3) is 0.385. The van der Waals surface area contributed by atoms with E-state index in [-0.39, 0.29) is 12.3 Å². The molecule has 0 aliphatic rings. The minimum Gasteiger partial charge on any atom is -0.373 e. The first-order valence-electron chi connectivity index (χ1n) is 5.85. The van der Waals surface area contributed by atoms with Gasteiger partial charge in [0.25, 0.3) is 10.1 Å². The molecule has 5 heteroatoms. The van der Waals surface area contributed by atoms with Crippen LogP contribution in [-0.4, -0.2) is 32.3 Å². The molecule has 0 aliphatic carbocycles. The van der Waals surface area contributed by atoms with E-state index < -0.39 is 10.1 Å². The van der Waals surface area contributed by atoms with E-state index >= 15 is 0 Å². The Morgan fingerprint density at radius 3 is 2.39 bits per heavy atom. The summed E-state index contributed by atoms with van der Waals surface area (Å²) in [5.41, 5.74) is 2.04. The summed E-state index contributed by atoms with van der Waals surface area (Å²) in [6.45, 7) is 2.34. The first-order chi connectivity index (χ1) is 8.42. The molecule has 0 bridgehead atoms. The quantitative estimate of drug-likeness (QED) is 0.806. The van der Waals surface area contributed by atoms with E-state index in [0.717, 1.165) is 17.7 Å². The molecule has 18 heavy (non-hydrogen) atoms. The molecule has 0 saturated heterocycles. The van der Waals surface area contributed by atoms with E-state index in [2.05, 4.69) is 13.0 Å². The maximum Gasteiger partial charge on any atom is 0.266 e. The Bertz CT molecular complexity index is 491. The highest BCUT2D eigenvalue weighted by Gasteiger charge is 2.07. The van der Waals surface area contributed by atoms with E-state index in [9.17, 15) is 8.42 Å². The van der Waals surface area contributed by atoms with Crippen molar-refractivity contribution in [2.75, 3.05) is 24.2 Å². The summed E-state index contributed by atoms with van der Waals surface area (Å²) < 4.78 is 30.0. The lowest BCUT2D eigenvalue weighted by Gasteiger charge is -2.18. The monoisotopic (exact) mass is 269 g/mol. The summed E-state index contributed by atoms with van der Waals surface area (Å²) in [5, 5.41) is 0. The largest absolute Gasteiger partial charge is 0.373 e. The molecule has 0 fully saturated rings. The molecular weight excluding hydrogens is 250 g/mol. The summed E-state index contributed by atoms with van der Waals surface area (Å²) in [7, 11) is -2.11. The zero-order valence-electron chi connectivity index (χ0n) is 10.7. The molecule has 0 heterocycles. The lowest BCUT2D eigenvalue weighted by Crippen LogP contribution is -2.24. The molecule has 100 valence electrons. The van der Waals surface area contributed by atoms with Gasteiger partial charge in [-0.2, -0.15) is 8.42 Å². The van der Waals surface area contributed by atoms with E-state index in [1.54, 1.807) is 11.9 Å². The van der Waals surface area contributed by atoms with Gasteiger partial charge in [-0.15, -0.1) is 0 Å². The van der Waals surface area contributed by atoms with Crippen LogP contribution in [0, 0.1) is 0 Å². The molecule has 1 aromatic carbocycles. The maximum atomic E-state index is 10.7. The number of hydrogen-bond acceptors (Lipinski definition) is 3. The molecule has 1 rings (SSSR count). The fourth-order valence-corrected chi connectivity index (χ4v) is 1.98. The predicted molar refractivity (Wildman–Crippen MR) is 75.5 cm³/mol. The van der Waals surface area contributed by atoms with Crippen molar-refractivity contribution < 1.29 is 13.0 Å². The summed E-state index contributed by atoms with van der Waals surface area (Å²) >= 11 is 0. The molecule has 0 aromatic heterocycles. The zero-order valence-corrected chi connectivity index (χ0v) is 11.5. The molecule has 0 unspecified atom stereocenters. The summed E-state index contributed by atoms with van der Waals surface area (Å²) in [6.07, 6.45) is 5.12. The van der Waals surface area contributed by atoms with Gasteiger partial charge in [-0.05, 0) is 24.1 Å². The van der Waals surface area contributed by atoms with Gasteiger partial charge in [-0.1, -0.05) is 31.2 Å². The Balaban J connectivity index is 2.64. The van der Waals surface area contributed by atoms with Crippen LogP contribution in [0.2, 0.25) is 0 Å². The number of allylic oxidation sites excluding steroid dienone is 1. The molecule has 0 amide bonds. The highest BCUT2D eigenvalue weighted by molar-refractivity contribution is 7.85. The van der Waals surface area contributed by atoms with Crippen molar-refractivity contribution in [3.63, 3.8) is 0 Å². The zero-order chi connectivity index (χ0) is 13.6. The molecule has 0 saturated carbocycles. The lowest BCUT2D eigenvalue weighted by atomic mass is 10.2. The lowest BCUT2D eigenvalue weighted by molar-refractivity contribution is 0.483. The molecule has 0 aliphatic heterocycles. The summed E-state index contributed by atoms with van der Waals surface area (Å²) in [4.78, 5) is 1.79. The fourth-order valence-electron chi connectivity index (χ4n) is 1.48. The molecule has 0 radical (unpaired) electrons. The number of hydrogen-bond donors (Lipinski definition) is 1. The highest BCUT2D eigenvalue weighted by Crippen LogP contribution is 2.14. The van der Waals surface area contributed by atoms with Crippen molar-refractivity contribution >= 4 is 21.9 Å². The molecular formula is C13H19NO3S. The average Bonchev–Trinajstić information content (AvgIpc) is 2.33. The average molecular weight is 269 g/mol. The van der Waals surface area contributed by atoms with Crippen LogP contribution in [-0.2, 0) is 10.1 Å². The third-order valence-corrected chi connectivity index (χ3v) is 3.26. The molecule has 0 atom stereocenters. The van der Waals surface area contributed by atoms with Gasteiger partial charge in [0, 0.05) is 19.3 Å². The Hall–Kier alpha value is -1.33. The number of nitrogens with zero attached hydrogens (tertiary/aromatic N) is 1. The molecule has 1 aromatic rings. The Morgan fingerprint density at radius 2 is 1.89 bits per heavy atom. The minimum atomic E-state index is -3.90. The first kappa shape index (κ1) is 14.7. The van der Waals surface area contributed by atoms with Crippen LogP contribution in [0.25, 0.3) is 6.08 Å². The van der Waals surface area contributed by atoms with Crippen molar-refractivity contribution in [2.45, 2.75) is 13.3 Å². The number of anilines is 1. The first-order valence-corrected chi connectivity index (χ1v) is 7.46. The van der Waals surface area contributed by atoms with Crippen molar-refractivity contribution in [1.29, 1.82) is 0 Å². The van der Waals surface area contributed by atoms with E-state index in [1.807, 2.05) is 30.3 Å². The van der Waals surface area contributed by atoms with E-state index in [4.69, 9.17) is 4.55 Å². The maximum absolute atomic E-state index is 10.7. The van der Waals surface area contributed by atoms with Gasteiger partial charge in [0.05, 0.1) is 5.75 Å². The molecule has 1 N–H and O–H groups in total. The highest BCUT2D eigenvalue weighted by atomic mass is 32.2. The van der Waals surface area contributed by atoms with E-state index in [0.29, 0.717) is 0 Å². The van der Waals surface area contributed by atoms with Gasteiger partial charge in [0.2, 0.25) is 0 Å². The normalized spacial score (nSPS) is 11.9. The molecule has 0 spiro atoms. The van der Waals surface area contributed by atoms with Crippen LogP contribution >= 0.6 is 0 Å². The van der Waals surface area contributed by atoms with Gasteiger partial charge >= 0.3 is 0 Å². The topological polar surface area (TPSA) is 57.6 Å². The van der Waals surface area contributed by atoms with Crippen molar-refractivity contribution in [1.82, 2.24) is 0 Å². The third-order valence-electron chi connectivity index (χ3n) is 2.56. The predicted octanol–water partition coefficient (Wildman–Crippen LogP) is 2.43. The third kappa shape index (κ3) is 5.33. The van der Waals surface area contributed by atoms with Crippen molar-refractivity contribution in [2.24, 2.45) is 0 Å².